The Kier molecular flexibility index (Phi) is 3.48. The highest BCUT2D eigenvalue weighted by Gasteiger charge is 1.96. The van der Waals surface area contributed by atoms with E-state index in [2.05, 4.69) is 32.8 Å². The minimum Gasteiger partial charge on any atom is -0.481 e. The van der Waals surface area contributed by atoms with Crippen LogP contribution in [0.2, 0.25) is 0 Å². The molecule has 1 aromatic heterocycles. The third kappa shape index (κ3) is 3.07. The fourth-order valence-electron chi connectivity index (χ4n) is 0.765. The summed E-state index contributed by atoms with van der Waals surface area (Å²) in [5.74, 6) is 3.85. The van der Waals surface area contributed by atoms with Crippen molar-refractivity contribution in [1.82, 2.24) is 4.98 Å². The smallest absolute Gasteiger partial charge is 0.315 e. The highest BCUT2D eigenvalue weighted by molar-refractivity contribution is 9.10. The van der Waals surface area contributed by atoms with Crippen molar-refractivity contribution < 1.29 is 9.90 Å². The Balaban J connectivity index is 2.94. The number of carboxylic acids is 1. The number of hydrogen-bond acceptors (Lipinski definition) is 2. The van der Waals surface area contributed by atoms with Crippen molar-refractivity contribution in [3.05, 3.63) is 32.7 Å². The summed E-state index contributed by atoms with van der Waals surface area (Å²) in [7, 11) is 0. The molecule has 0 unspecified atom stereocenters. The average molecular weight is 256 g/mol. The molecule has 0 amide bonds. The van der Waals surface area contributed by atoms with Gasteiger partial charge in [-0.15, -0.1) is 0 Å². The van der Waals surface area contributed by atoms with Gasteiger partial charge in [-0.25, -0.2) is 0 Å². The molecule has 0 radical (unpaired) electrons. The lowest BCUT2D eigenvalue weighted by atomic mass is 10.3. The van der Waals surface area contributed by atoms with Gasteiger partial charge in [0.1, 0.15) is 6.42 Å². The van der Waals surface area contributed by atoms with E-state index in [-0.39, 0.29) is 17.5 Å². The van der Waals surface area contributed by atoms with Gasteiger partial charge in [0, 0.05) is 10.7 Å². The topological polar surface area (TPSA) is 70.2 Å². The number of halogens is 1. The fourth-order valence-corrected chi connectivity index (χ4v) is 1.11. The molecule has 1 heterocycles. The number of carbonyl (C=O) groups is 1. The van der Waals surface area contributed by atoms with Crippen LogP contribution >= 0.6 is 15.9 Å². The minimum atomic E-state index is -1.01. The Morgan fingerprint density at radius 2 is 2.36 bits per heavy atom. The average Bonchev–Trinajstić information content (AvgIpc) is 2.10. The lowest BCUT2D eigenvalue weighted by molar-refractivity contribution is -0.135. The molecule has 0 atom stereocenters. The Bertz CT molecular complexity index is 467. The number of aromatic nitrogens is 1. The molecule has 0 aliphatic heterocycles. The van der Waals surface area contributed by atoms with Gasteiger partial charge in [-0.3, -0.25) is 9.59 Å². The molecule has 1 rings (SSSR count). The monoisotopic (exact) mass is 255 g/mol. The number of H-pyrrole nitrogens is 1. The van der Waals surface area contributed by atoms with Gasteiger partial charge in [0.25, 0.3) is 5.56 Å². The number of hydrogen-bond donors (Lipinski definition) is 2. The summed E-state index contributed by atoms with van der Waals surface area (Å²) in [4.78, 5) is 23.7. The first-order chi connectivity index (χ1) is 6.59. The first kappa shape index (κ1) is 10.5. The van der Waals surface area contributed by atoms with Crippen LogP contribution in [0.3, 0.4) is 0 Å². The largest absolute Gasteiger partial charge is 0.481 e. The Morgan fingerprint density at radius 3 is 3.00 bits per heavy atom. The van der Waals surface area contributed by atoms with Gasteiger partial charge in [-0.2, -0.15) is 0 Å². The molecule has 4 nitrogen and oxygen atoms in total. The maximum absolute atomic E-state index is 11.1. The van der Waals surface area contributed by atoms with E-state index >= 15 is 0 Å². The second-order valence-corrected chi connectivity index (χ2v) is 3.35. The van der Waals surface area contributed by atoms with Crippen LogP contribution < -0.4 is 5.56 Å². The lowest BCUT2D eigenvalue weighted by Crippen LogP contribution is -2.08. The van der Waals surface area contributed by atoms with Gasteiger partial charge in [-0.05, 0) is 22.0 Å². The van der Waals surface area contributed by atoms with Gasteiger partial charge in [0.05, 0.1) is 5.56 Å². The predicted octanol–water partition coefficient (Wildman–Crippen LogP) is 0.964. The number of aromatic amines is 1. The molecule has 0 aliphatic rings. The zero-order valence-corrected chi connectivity index (χ0v) is 8.59. The van der Waals surface area contributed by atoms with Crippen molar-refractivity contribution in [1.29, 1.82) is 0 Å². The molecule has 0 aliphatic carbocycles. The zero-order valence-electron chi connectivity index (χ0n) is 7.00. The summed E-state index contributed by atoms with van der Waals surface area (Å²) in [5, 5.41) is 8.32. The summed E-state index contributed by atoms with van der Waals surface area (Å²) in [5.41, 5.74) is -0.0771. The maximum atomic E-state index is 11.1. The van der Waals surface area contributed by atoms with Gasteiger partial charge < -0.3 is 10.1 Å². The normalized spacial score (nSPS) is 8.93. The molecule has 0 saturated heterocycles. The fraction of sp³-hybridized carbons (Fsp3) is 0.111. The van der Waals surface area contributed by atoms with Crippen LogP contribution in [-0.4, -0.2) is 16.1 Å². The molecule has 2 N–H and O–H groups in total. The van der Waals surface area contributed by atoms with E-state index in [0.717, 1.165) is 0 Å². The van der Waals surface area contributed by atoms with Gasteiger partial charge in [0.15, 0.2) is 0 Å². The molecule has 1 aromatic rings. The number of pyridine rings is 1. The SMILES string of the molecule is O=C(O)CC#Cc1cc(Br)c[nH]c1=O. The summed E-state index contributed by atoms with van der Waals surface area (Å²) in [6.45, 7) is 0. The first-order valence-corrected chi connectivity index (χ1v) is 4.48. The second kappa shape index (κ2) is 4.63. The van der Waals surface area contributed by atoms with Crippen molar-refractivity contribution in [3.8, 4) is 11.8 Å². The standard InChI is InChI=1S/C9H6BrNO3/c10-7-4-6(9(14)11-5-7)2-1-3-8(12)13/h4-5H,3H2,(H,11,14)(H,12,13). The first-order valence-electron chi connectivity index (χ1n) is 3.68. The maximum Gasteiger partial charge on any atom is 0.315 e. The molecule has 72 valence electrons. The number of nitrogens with one attached hydrogen (secondary N) is 1. The van der Waals surface area contributed by atoms with E-state index in [4.69, 9.17) is 5.11 Å². The van der Waals surface area contributed by atoms with E-state index in [1.54, 1.807) is 0 Å². The molecule has 0 bridgehead atoms. The number of rotatable bonds is 1. The number of aliphatic carboxylic acids is 1. The van der Waals surface area contributed by atoms with Crippen molar-refractivity contribution in [3.63, 3.8) is 0 Å². The Labute approximate surface area is 88.1 Å². The van der Waals surface area contributed by atoms with Crippen molar-refractivity contribution >= 4 is 21.9 Å². The minimum absolute atomic E-state index is 0.251. The number of carboxylic acid groups (broad SMARTS) is 1. The highest BCUT2D eigenvalue weighted by atomic mass is 79.9. The molecule has 14 heavy (non-hydrogen) atoms. The molecule has 0 fully saturated rings. The third-order valence-electron chi connectivity index (χ3n) is 1.33. The van der Waals surface area contributed by atoms with E-state index in [1.165, 1.54) is 12.3 Å². The Hall–Kier alpha value is -1.54. The van der Waals surface area contributed by atoms with E-state index in [0.29, 0.717) is 4.47 Å². The van der Waals surface area contributed by atoms with Crippen LogP contribution in [0.25, 0.3) is 0 Å². The van der Waals surface area contributed by atoms with Gasteiger partial charge in [0.2, 0.25) is 0 Å². The summed E-state index contributed by atoms with van der Waals surface area (Å²) >= 11 is 3.16. The van der Waals surface area contributed by atoms with Crippen LogP contribution in [0.15, 0.2) is 21.5 Å². The zero-order chi connectivity index (χ0) is 10.6. The third-order valence-corrected chi connectivity index (χ3v) is 1.79. The molecule has 5 heteroatoms. The predicted molar refractivity (Wildman–Crippen MR) is 53.9 cm³/mol. The van der Waals surface area contributed by atoms with Gasteiger partial charge >= 0.3 is 5.97 Å². The van der Waals surface area contributed by atoms with Crippen LogP contribution in [0, 0.1) is 11.8 Å². The molecular formula is C9H6BrNO3. The Morgan fingerprint density at radius 1 is 1.64 bits per heavy atom. The molecule has 0 aromatic carbocycles. The lowest BCUT2D eigenvalue weighted by Gasteiger charge is -1.90. The van der Waals surface area contributed by atoms with Crippen molar-refractivity contribution in [2.75, 3.05) is 0 Å². The highest BCUT2D eigenvalue weighted by Crippen LogP contribution is 2.05. The van der Waals surface area contributed by atoms with Crippen LogP contribution in [-0.2, 0) is 4.79 Å². The second-order valence-electron chi connectivity index (χ2n) is 2.43. The van der Waals surface area contributed by atoms with Crippen LogP contribution in [0.1, 0.15) is 12.0 Å². The summed E-state index contributed by atoms with van der Waals surface area (Å²) < 4.78 is 0.691. The van der Waals surface area contributed by atoms with Gasteiger partial charge in [-0.1, -0.05) is 11.8 Å². The van der Waals surface area contributed by atoms with Crippen LogP contribution in [0.5, 0.6) is 0 Å². The summed E-state index contributed by atoms with van der Waals surface area (Å²) in [6, 6.07) is 1.54. The van der Waals surface area contributed by atoms with Crippen molar-refractivity contribution in [2.45, 2.75) is 6.42 Å². The quantitative estimate of drug-likeness (QED) is 0.735. The van der Waals surface area contributed by atoms with Crippen LogP contribution in [0.4, 0.5) is 0 Å². The van der Waals surface area contributed by atoms with Crippen molar-refractivity contribution in [2.24, 2.45) is 0 Å². The summed E-state index contributed by atoms with van der Waals surface area (Å²) in [6.07, 6.45) is 1.22. The molecule has 0 spiro atoms. The van der Waals surface area contributed by atoms with E-state index in [1.807, 2.05) is 0 Å². The molecular weight excluding hydrogens is 250 g/mol. The van der Waals surface area contributed by atoms with E-state index in [9.17, 15) is 9.59 Å². The molecule has 0 saturated carbocycles. The van der Waals surface area contributed by atoms with E-state index < -0.39 is 5.97 Å².